The molecule has 248 valence electrons. The molecule has 0 aliphatic rings. The van der Waals surface area contributed by atoms with Gasteiger partial charge < -0.3 is 38.3 Å². The van der Waals surface area contributed by atoms with Gasteiger partial charge in [0.25, 0.3) is 0 Å². The highest BCUT2D eigenvalue weighted by Crippen LogP contribution is 2.09. The van der Waals surface area contributed by atoms with E-state index in [0.717, 1.165) is 19.4 Å². The Labute approximate surface area is 258 Å². The Morgan fingerprint density at radius 2 is 1.11 bits per heavy atom. The fraction of sp³-hybridized carbons (Fsp3) is 0.517. The third-order valence-electron chi connectivity index (χ3n) is 5.54. The quantitative estimate of drug-likeness (QED) is 0.126. The molecule has 1 aromatic carbocycles. The molecule has 16 heteroatoms. The summed E-state index contributed by atoms with van der Waals surface area (Å²) >= 11 is 0. The number of carbonyl (C=O) groups is 8. The summed E-state index contributed by atoms with van der Waals surface area (Å²) in [5.41, 5.74) is 0.726. The van der Waals surface area contributed by atoms with Crippen molar-refractivity contribution in [2.24, 2.45) is 0 Å². The van der Waals surface area contributed by atoms with Crippen LogP contribution in [0.1, 0.15) is 53.0 Å². The zero-order valence-corrected chi connectivity index (χ0v) is 25.3. The molecule has 0 aliphatic heterocycles. The Bertz CT molecular complexity index is 1200. The maximum atomic E-state index is 12.3. The summed E-state index contributed by atoms with van der Waals surface area (Å²) < 4.78 is 34.7. The van der Waals surface area contributed by atoms with Crippen molar-refractivity contribution in [2.45, 2.75) is 90.7 Å². The molecule has 0 amide bonds. The lowest BCUT2D eigenvalue weighted by molar-refractivity contribution is -0.185. The van der Waals surface area contributed by atoms with E-state index in [1.54, 1.807) is 30.3 Å². The summed E-state index contributed by atoms with van der Waals surface area (Å²) in [6.45, 7) is 5.33. The zero-order valence-electron chi connectivity index (χ0n) is 25.3. The van der Waals surface area contributed by atoms with Gasteiger partial charge in [0, 0.05) is 0 Å². The van der Waals surface area contributed by atoms with Crippen molar-refractivity contribution in [1.29, 1.82) is 0 Å². The van der Waals surface area contributed by atoms with Crippen molar-refractivity contribution in [3.63, 3.8) is 0 Å². The molecular weight excluding hydrogens is 604 g/mol. The van der Waals surface area contributed by atoms with Gasteiger partial charge in [-0.15, -0.1) is 0 Å². The van der Waals surface area contributed by atoms with Crippen LogP contribution in [0.25, 0.3) is 0 Å². The molecule has 0 bridgehead atoms. The van der Waals surface area contributed by atoms with Crippen LogP contribution < -0.4 is 0 Å². The van der Waals surface area contributed by atoms with Gasteiger partial charge in [-0.2, -0.15) is 0 Å². The number of rotatable bonds is 19. The summed E-state index contributed by atoms with van der Waals surface area (Å²) in [5.74, 6) is -7.39. The summed E-state index contributed by atoms with van der Waals surface area (Å²) in [4.78, 5) is 94.5. The van der Waals surface area contributed by atoms with Crippen LogP contribution in [0.3, 0.4) is 0 Å². The second kappa shape index (κ2) is 19.4. The molecule has 0 radical (unpaired) electrons. The van der Waals surface area contributed by atoms with E-state index in [4.69, 9.17) is 38.3 Å². The van der Waals surface area contributed by atoms with Gasteiger partial charge in [-0.05, 0) is 40.2 Å². The minimum Gasteiger partial charge on any atom is -0.481 e. The number of benzene rings is 1. The fourth-order valence-corrected chi connectivity index (χ4v) is 2.97. The SMILES string of the molecule is CC(OCC(C=O)OC(=O)C(C)OC(=O)CCC(=O)O)C(=O)OC(C)C(=O)OC(C)C(=O)OC(C)C(=O)OCc1ccccc1. The molecule has 0 heterocycles. The van der Waals surface area contributed by atoms with Crippen molar-refractivity contribution in [3.05, 3.63) is 35.9 Å². The van der Waals surface area contributed by atoms with Gasteiger partial charge in [0.2, 0.25) is 0 Å². The number of esters is 6. The van der Waals surface area contributed by atoms with Crippen LogP contribution in [0.2, 0.25) is 0 Å². The van der Waals surface area contributed by atoms with E-state index in [-0.39, 0.29) is 12.9 Å². The van der Waals surface area contributed by atoms with Crippen molar-refractivity contribution >= 4 is 48.1 Å². The number of aldehydes is 1. The molecule has 0 spiro atoms. The Morgan fingerprint density at radius 3 is 1.62 bits per heavy atom. The van der Waals surface area contributed by atoms with Gasteiger partial charge in [-0.3, -0.25) is 14.4 Å². The predicted octanol–water partition coefficient (Wildman–Crippen LogP) is 0.837. The van der Waals surface area contributed by atoms with Crippen LogP contribution in [-0.2, 0) is 78.1 Å². The van der Waals surface area contributed by atoms with E-state index in [2.05, 4.69) is 0 Å². The van der Waals surface area contributed by atoms with Crippen LogP contribution in [0.4, 0.5) is 0 Å². The monoisotopic (exact) mass is 640 g/mol. The summed E-state index contributed by atoms with van der Waals surface area (Å²) in [6, 6.07) is 8.80. The average Bonchev–Trinajstić information content (AvgIpc) is 3.00. The van der Waals surface area contributed by atoms with Crippen LogP contribution >= 0.6 is 0 Å². The molecule has 6 atom stereocenters. The van der Waals surface area contributed by atoms with Gasteiger partial charge in [-0.1, -0.05) is 30.3 Å². The largest absolute Gasteiger partial charge is 0.481 e. The topological polar surface area (TPSA) is 221 Å². The Morgan fingerprint density at radius 1 is 0.644 bits per heavy atom. The van der Waals surface area contributed by atoms with Gasteiger partial charge in [0.05, 0.1) is 19.4 Å². The van der Waals surface area contributed by atoms with E-state index in [9.17, 15) is 38.4 Å². The van der Waals surface area contributed by atoms with Crippen molar-refractivity contribution in [2.75, 3.05) is 6.61 Å². The molecule has 0 saturated heterocycles. The molecule has 0 saturated carbocycles. The van der Waals surface area contributed by atoms with Crippen LogP contribution in [0.5, 0.6) is 0 Å². The minimum atomic E-state index is -1.51. The van der Waals surface area contributed by atoms with Gasteiger partial charge in [-0.25, -0.2) is 24.0 Å². The third-order valence-corrected chi connectivity index (χ3v) is 5.54. The molecular formula is C29H36O16. The Hall–Kier alpha value is -4.86. The maximum Gasteiger partial charge on any atom is 0.347 e. The number of carbonyl (C=O) groups excluding carboxylic acids is 7. The minimum absolute atomic E-state index is 0.0357. The van der Waals surface area contributed by atoms with E-state index in [1.165, 1.54) is 20.8 Å². The molecule has 6 unspecified atom stereocenters. The average molecular weight is 641 g/mol. The van der Waals surface area contributed by atoms with E-state index in [0.29, 0.717) is 0 Å². The lowest BCUT2D eigenvalue weighted by Crippen LogP contribution is -2.38. The molecule has 0 aliphatic carbocycles. The van der Waals surface area contributed by atoms with E-state index >= 15 is 0 Å². The summed E-state index contributed by atoms with van der Waals surface area (Å²) in [7, 11) is 0. The van der Waals surface area contributed by atoms with Gasteiger partial charge >= 0.3 is 41.8 Å². The highest BCUT2D eigenvalue weighted by molar-refractivity contribution is 5.85. The van der Waals surface area contributed by atoms with Crippen molar-refractivity contribution in [1.82, 2.24) is 0 Å². The normalized spacial score (nSPS) is 14.6. The first-order valence-corrected chi connectivity index (χ1v) is 13.6. The van der Waals surface area contributed by atoms with Crippen LogP contribution in [0.15, 0.2) is 30.3 Å². The number of carboxylic acid groups (broad SMARTS) is 1. The van der Waals surface area contributed by atoms with E-state index in [1.807, 2.05) is 0 Å². The predicted molar refractivity (Wildman–Crippen MR) is 147 cm³/mol. The van der Waals surface area contributed by atoms with Crippen LogP contribution in [-0.4, -0.2) is 96.4 Å². The summed E-state index contributed by atoms with van der Waals surface area (Å²) in [6.07, 6.45) is -9.41. The molecule has 1 aromatic rings. The first kappa shape index (κ1) is 38.2. The van der Waals surface area contributed by atoms with Crippen LogP contribution in [0, 0.1) is 0 Å². The first-order valence-electron chi connectivity index (χ1n) is 13.6. The number of aliphatic carboxylic acids is 1. The third kappa shape index (κ3) is 14.9. The molecule has 1 rings (SSSR count). The Kier molecular flexibility index (Phi) is 16.5. The highest BCUT2D eigenvalue weighted by atomic mass is 16.6. The molecule has 0 fully saturated rings. The molecule has 0 aromatic heterocycles. The van der Waals surface area contributed by atoms with E-state index < -0.39 is 97.9 Å². The van der Waals surface area contributed by atoms with Gasteiger partial charge in [0.15, 0.2) is 42.9 Å². The number of ether oxygens (including phenoxy) is 7. The second-order valence-electron chi connectivity index (χ2n) is 9.44. The molecule has 1 N–H and O–H groups in total. The second-order valence-corrected chi connectivity index (χ2v) is 9.44. The number of carboxylic acids is 1. The number of hydrogen-bond acceptors (Lipinski definition) is 15. The van der Waals surface area contributed by atoms with Crippen molar-refractivity contribution in [3.8, 4) is 0 Å². The first-order chi connectivity index (χ1) is 21.1. The van der Waals surface area contributed by atoms with Crippen molar-refractivity contribution < 1.29 is 76.6 Å². The highest BCUT2D eigenvalue weighted by Gasteiger charge is 2.30. The summed E-state index contributed by atoms with van der Waals surface area (Å²) in [5, 5.41) is 8.57. The molecule has 45 heavy (non-hydrogen) atoms. The zero-order chi connectivity index (χ0) is 34.1. The lowest BCUT2D eigenvalue weighted by atomic mass is 10.2. The maximum absolute atomic E-state index is 12.3. The standard InChI is InChI=1S/C29H36O16/c1-16(39-15-22(13-30)45-29(38)18(3)41-24(33)12-11-23(31)32)26(35)43-19(4)28(37)44-20(5)27(36)42-17(2)25(34)40-14-21-9-7-6-8-10-21/h6-10,13,16-20,22H,11-12,14-15H2,1-5H3,(H,31,32). The fourth-order valence-electron chi connectivity index (χ4n) is 2.97. The van der Waals surface area contributed by atoms with Gasteiger partial charge in [0.1, 0.15) is 6.61 Å². The molecule has 16 nitrogen and oxygen atoms in total. The number of hydrogen-bond donors (Lipinski definition) is 1. The lowest BCUT2D eigenvalue weighted by Gasteiger charge is -2.20. The Balaban J connectivity index is 2.46. The smallest absolute Gasteiger partial charge is 0.347 e.